The van der Waals surface area contributed by atoms with E-state index in [-0.39, 0.29) is 5.56 Å². The molecule has 0 aromatic carbocycles. The van der Waals surface area contributed by atoms with Crippen LogP contribution in [0, 0.1) is 6.92 Å². The molecule has 96 valence electrons. The maximum absolute atomic E-state index is 11.8. The predicted molar refractivity (Wildman–Crippen MR) is 71.1 cm³/mol. The molecule has 0 aliphatic heterocycles. The van der Waals surface area contributed by atoms with Gasteiger partial charge in [-0.3, -0.25) is 4.79 Å². The van der Waals surface area contributed by atoms with Crippen molar-refractivity contribution < 1.29 is 4.74 Å². The van der Waals surface area contributed by atoms with Crippen molar-refractivity contribution in [1.82, 2.24) is 15.2 Å². The lowest BCUT2D eigenvalue weighted by Gasteiger charge is -1.98. The maximum atomic E-state index is 11.8. The van der Waals surface area contributed by atoms with Gasteiger partial charge in [0.2, 0.25) is 5.13 Å². The predicted octanol–water partition coefficient (Wildman–Crippen LogP) is 1.26. The molecule has 0 aliphatic carbocycles. The van der Waals surface area contributed by atoms with Gasteiger partial charge in [0.05, 0.1) is 12.2 Å². The lowest BCUT2D eigenvalue weighted by molar-refractivity contribution is 0.211. The maximum Gasteiger partial charge on any atom is 0.258 e. The third-order valence-electron chi connectivity index (χ3n) is 2.29. The Labute approximate surface area is 108 Å². The van der Waals surface area contributed by atoms with E-state index in [0.717, 1.165) is 5.69 Å². The normalized spacial score (nSPS) is 10.6. The lowest BCUT2D eigenvalue weighted by atomic mass is 10.2. The van der Waals surface area contributed by atoms with E-state index in [9.17, 15) is 4.79 Å². The smallest absolute Gasteiger partial charge is 0.258 e. The summed E-state index contributed by atoms with van der Waals surface area (Å²) in [5.41, 5.74) is 1.22. The first-order valence-corrected chi connectivity index (χ1v) is 6.29. The molecule has 0 aliphatic rings. The van der Waals surface area contributed by atoms with Crippen molar-refractivity contribution >= 4 is 16.5 Å². The highest BCUT2D eigenvalue weighted by Gasteiger charge is 2.09. The number of aryl methyl sites for hydroxylation is 1. The first-order valence-electron chi connectivity index (χ1n) is 5.47. The van der Waals surface area contributed by atoms with Crippen LogP contribution in [0.3, 0.4) is 0 Å². The Balaban J connectivity index is 2.16. The minimum absolute atomic E-state index is 0.144. The average molecular weight is 266 g/mol. The quantitative estimate of drug-likeness (QED) is 0.796. The Hall–Kier alpha value is -1.73. The van der Waals surface area contributed by atoms with Crippen LogP contribution < -0.4 is 10.9 Å². The summed E-state index contributed by atoms with van der Waals surface area (Å²) in [6.45, 7) is 3.10. The lowest BCUT2D eigenvalue weighted by Crippen LogP contribution is -2.09. The van der Waals surface area contributed by atoms with E-state index in [1.807, 2.05) is 13.0 Å². The van der Waals surface area contributed by atoms with E-state index < -0.39 is 0 Å². The van der Waals surface area contributed by atoms with Gasteiger partial charge in [0.15, 0.2) is 5.01 Å². The number of H-pyrrole nitrogens is 1. The van der Waals surface area contributed by atoms with Crippen LogP contribution in [-0.2, 0) is 4.74 Å². The number of hydrogen-bond donors (Lipinski definition) is 2. The summed E-state index contributed by atoms with van der Waals surface area (Å²) < 4.78 is 4.93. The molecule has 0 unspecified atom stereocenters. The molecule has 7 heteroatoms. The second kappa shape index (κ2) is 5.74. The molecule has 6 nitrogen and oxygen atoms in total. The fourth-order valence-corrected chi connectivity index (χ4v) is 2.20. The molecule has 2 heterocycles. The van der Waals surface area contributed by atoms with Gasteiger partial charge >= 0.3 is 0 Å². The Morgan fingerprint density at radius 1 is 1.44 bits per heavy atom. The van der Waals surface area contributed by atoms with Crippen LogP contribution in [0.2, 0.25) is 0 Å². The van der Waals surface area contributed by atoms with Crippen LogP contribution in [0.15, 0.2) is 16.9 Å². The van der Waals surface area contributed by atoms with E-state index in [0.29, 0.717) is 28.9 Å². The molecule has 2 aromatic rings. The number of methoxy groups -OCH3 is 1. The summed E-state index contributed by atoms with van der Waals surface area (Å²) in [5.74, 6) is 0. The summed E-state index contributed by atoms with van der Waals surface area (Å²) in [7, 11) is 1.64. The minimum atomic E-state index is -0.144. The third-order valence-corrected chi connectivity index (χ3v) is 3.21. The highest BCUT2D eigenvalue weighted by Crippen LogP contribution is 2.23. The molecule has 2 aromatic heterocycles. The number of aromatic nitrogens is 3. The number of nitrogens with zero attached hydrogens (tertiary/aromatic N) is 2. The fourth-order valence-electron chi connectivity index (χ4n) is 1.40. The van der Waals surface area contributed by atoms with Crippen LogP contribution in [0.25, 0.3) is 10.6 Å². The summed E-state index contributed by atoms with van der Waals surface area (Å²) in [4.78, 5) is 14.5. The van der Waals surface area contributed by atoms with Gasteiger partial charge in [0, 0.05) is 19.3 Å². The number of rotatable bonds is 5. The summed E-state index contributed by atoms with van der Waals surface area (Å²) in [5, 5.41) is 12.3. The van der Waals surface area contributed by atoms with Crippen molar-refractivity contribution in [2.45, 2.75) is 6.92 Å². The van der Waals surface area contributed by atoms with Gasteiger partial charge in [-0.25, -0.2) is 0 Å². The molecule has 0 saturated heterocycles. The zero-order chi connectivity index (χ0) is 13.0. The summed E-state index contributed by atoms with van der Waals surface area (Å²) in [6, 6.07) is 3.60. The fraction of sp³-hybridized carbons (Fsp3) is 0.364. The molecule has 0 bridgehead atoms. The molecule has 0 fully saturated rings. The van der Waals surface area contributed by atoms with Crippen molar-refractivity contribution in [2.24, 2.45) is 0 Å². The third kappa shape index (κ3) is 2.93. The Morgan fingerprint density at radius 2 is 2.28 bits per heavy atom. The zero-order valence-electron chi connectivity index (χ0n) is 10.2. The average Bonchev–Trinajstić information content (AvgIpc) is 2.78. The first kappa shape index (κ1) is 12.7. The van der Waals surface area contributed by atoms with Gasteiger partial charge in [0.1, 0.15) is 0 Å². The van der Waals surface area contributed by atoms with Gasteiger partial charge < -0.3 is 15.0 Å². The molecule has 0 radical (unpaired) electrons. The largest absolute Gasteiger partial charge is 0.383 e. The van der Waals surface area contributed by atoms with Crippen LogP contribution >= 0.6 is 11.3 Å². The number of anilines is 1. The van der Waals surface area contributed by atoms with E-state index in [1.54, 1.807) is 13.2 Å². The second-order valence-electron chi connectivity index (χ2n) is 3.72. The van der Waals surface area contributed by atoms with Crippen LogP contribution in [0.4, 0.5) is 5.13 Å². The number of aromatic amines is 1. The highest BCUT2D eigenvalue weighted by atomic mass is 32.1. The van der Waals surface area contributed by atoms with Crippen molar-refractivity contribution in [2.75, 3.05) is 25.6 Å². The molecule has 0 atom stereocenters. The Bertz CT molecular complexity index is 578. The van der Waals surface area contributed by atoms with E-state index in [1.165, 1.54) is 11.3 Å². The van der Waals surface area contributed by atoms with Gasteiger partial charge in [-0.15, -0.1) is 10.2 Å². The Morgan fingerprint density at radius 3 is 3.00 bits per heavy atom. The van der Waals surface area contributed by atoms with Crippen molar-refractivity contribution in [1.29, 1.82) is 0 Å². The molecular weight excluding hydrogens is 252 g/mol. The van der Waals surface area contributed by atoms with Crippen molar-refractivity contribution in [3.05, 3.63) is 28.2 Å². The van der Waals surface area contributed by atoms with Gasteiger partial charge in [0.25, 0.3) is 5.56 Å². The SMILES string of the molecule is COCCNc1nnc(-c2ccc(C)[nH]c2=O)s1. The number of nitrogens with one attached hydrogen (secondary N) is 2. The topological polar surface area (TPSA) is 79.9 Å². The zero-order valence-corrected chi connectivity index (χ0v) is 11.0. The van der Waals surface area contributed by atoms with E-state index >= 15 is 0 Å². The Kier molecular flexibility index (Phi) is 4.06. The summed E-state index contributed by atoms with van der Waals surface area (Å²) in [6.07, 6.45) is 0. The molecule has 2 N–H and O–H groups in total. The van der Waals surface area contributed by atoms with Crippen LogP contribution in [0.5, 0.6) is 0 Å². The number of ether oxygens (including phenoxy) is 1. The second-order valence-corrected chi connectivity index (χ2v) is 4.69. The van der Waals surface area contributed by atoms with Crippen molar-refractivity contribution in [3.8, 4) is 10.6 Å². The molecule has 0 saturated carbocycles. The molecule has 18 heavy (non-hydrogen) atoms. The number of pyridine rings is 1. The standard InChI is InChI=1S/C11H14N4O2S/c1-7-3-4-8(9(16)13-7)10-14-15-11(18-10)12-5-6-17-2/h3-4H,5-6H2,1-2H3,(H,12,15)(H,13,16). The molecular formula is C11H14N4O2S. The van der Waals surface area contributed by atoms with Crippen molar-refractivity contribution in [3.63, 3.8) is 0 Å². The van der Waals surface area contributed by atoms with Crippen LogP contribution in [0.1, 0.15) is 5.69 Å². The number of hydrogen-bond acceptors (Lipinski definition) is 6. The highest BCUT2D eigenvalue weighted by molar-refractivity contribution is 7.18. The summed E-state index contributed by atoms with van der Waals surface area (Å²) >= 11 is 1.35. The molecule has 0 spiro atoms. The van der Waals surface area contributed by atoms with Crippen LogP contribution in [-0.4, -0.2) is 35.4 Å². The van der Waals surface area contributed by atoms with Gasteiger partial charge in [-0.05, 0) is 19.1 Å². The monoisotopic (exact) mass is 266 g/mol. The minimum Gasteiger partial charge on any atom is -0.383 e. The van der Waals surface area contributed by atoms with Gasteiger partial charge in [-0.1, -0.05) is 11.3 Å². The van der Waals surface area contributed by atoms with E-state index in [4.69, 9.17) is 4.74 Å². The molecule has 2 rings (SSSR count). The first-order chi connectivity index (χ1) is 8.70. The molecule has 0 amide bonds. The van der Waals surface area contributed by atoms with E-state index in [2.05, 4.69) is 20.5 Å². The van der Waals surface area contributed by atoms with Gasteiger partial charge in [-0.2, -0.15) is 0 Å².